The molecule has 2 rings (SSSR count). The third-order valence-corrected chi connectivity index (χ3v) is 3.02. The van der Waals surface area contributed by atoms with E-state index >= 15 is 0 Å². The van der Waals surface area contributed by atoms with Crippen LogP contribution >= 0.6 is 11.6 Å². The first-order chi connectivity index (χ1) is 9.45. The molecule has 0 amide bonds. The topological polar surface area (TPSA) is 29.5 Å². The van der Waals surface area contributed by atoms with Gasteiger partial charge in [-0.2, -0.15) is 0 Å². The number of ether oxygens (including phenoxy) is 1. The van der Waals surface area contributed by atoms with Gasteiger partial charge in [0.25, 0.3) is 0 Å². The van der Waals surface area contributed by atoms with E-state index in [1.165, 1.54) is 0 Å². The maximum Gasteiger partial charge on any atom is 0.126 e. The molecule has 2 atom stereocenters. The molecule has 5 heteroatoms. The van der Waals surface area contributed by atoms with Gasteiger partial charge in [0.15, 0.2) is 0 Å². The second-order valence-corrected chi connectivity index (χ2v) is 4.86. The van der Waals surface area contributed by atoms with Gasteiger partial charge in [-0.1, -0.05) is 17.7 Å². The molecule has 106 valence electrons. The Morgan fingerprint density at radius 1 is 1.10 bits per heavy atom. The monoisotopic (exact) mass is 298 g/mol. The van der Waals surface area contributed by atoms with Crippen LogP contribution in [0.25, 0.3) is 0 Å². The lowest BCUT2D eigenvalue weighted by Crippen LogP contribution is -2.22. The Labute approximate surface area is 120 Å². The molecule has 2 nitrogen and oxygen atoms in total. The summed E-state index contributed by atoms with van der Waals surface area (Å²) in [5.74, 6) is -1.01. The summed E-state index contributed by atoms with van der Waals surface area (Å²) in [6.45, 7) is 1.61. The molecule has 2 aromatic carbocycles. The maximum absolute atomic E-state index is 13.1. The minimum atomic E-state index is -1.15. The minimum Gasteiger partial charge on any atom is -0.488 e. The van der Waals surface area contributed by atoms with Crippen molar-refractivity contribution in [3.05, 3.63) is 64.7 Å². The van der Waals surface area contributed by atoms with Crippen LogP contribution in [0.2, 0.25) is 5.02 Å². The summed E-state index contributed by atoms with van der Waals surface area (Å²) in [4.78, 5) is 0. The van der Waals surface area contributed by atoms with Crippen molar-refractivity contribution >= 4 is 11.6 Å². The Kier molecular flexibility index (Phi) is 4.57. The van der Waals surface area contributed by atoms with Gasteiger partial charge in [0, 0.05) is 11.1 Å². The van der Waals surface area contributed by atoms with Gasteiger partial charge in [-0.25, -0.2) is 8.78 Å². The second kappa shape index (κ2) is 6.20. The van der Waals surface area contributed by atoms with Crippen molar-refractivity contribution < 1.29 is 18.6 Å². The summed E-state index contributed by atoms with van der Waals surface area (Å²) in [5, 5.41) is 10.6. The standard InChI is InChI=1S/C15H13ClF2O2/c1-9(20-14-4-2-3-11(16)7-14)15(19)10-5-12(17)8-13(18)6-10/h2-9,15,19H,1H3. The molecule has 0 aromatic heterocycles. The van der Waals surface area contributed by atoms with E-state index in [1.807, 2.05) is 0 Å². The first kappa shape index (κ1) is 14.8. The maximum atomic E-state index is 13.1. The molecule has 0 aliphatic carbocycles. The molecule has 0 heterocycles. The van der Waals surface area contributed by atoms with E-state index in [-0.39, 0.29) is 5.56 Å². The zero-order chi connectivity index (χ0) is 14.7. The van der Waals surface area contributed by atoms with E-state index in [2.05, 4.69) is 0 Å². The molecule has 2 unspecified atom stereocenters. The molecule has 20 heavy (non-hydrogen) atoms. The van der Waals surface area contributed by atoms with E-state index in [9.17, 15) is 13.9 Å². The van der Waals surface area contributed by atoms with Crippen LogP contribution in [-0.2, 0) is 0 Å². The zero-order valence-electron chi connectivity index (χ0n) is 10.7. The summed E-state index contributed by atoms with van der Waals surface area (Å²) < 4.78 is 31.8. The Bertz CT molecular complexity index is 584. The second-order valence-electron chi connectivity index (χ2n) is 4.43. The zero-order valence-corrected chi connectivity index (χ0v) is 11.4. The highest BCUT2D eigenvalue weighted by Crippen LogP contribution is 2.24. The largest absolute Gasteiger partial charge is 0.488 e. The average molecular weight is 299 g/mol. The van der Waals surface area contributed by atoms with Crippen LogP contribution in [-0.4, -0.2) is 11.2 Å². The molecule has 1 N–H and O–H groups in total. The van der Waals surface area contributed by atoms with Crippen molar-refractivity contribution in [3.8, 4) is 5.75 Å². The lowest BCUT2D eigenvalue weighted by Gasteiger charge is -2.21. The minimum absolute atomic E-state index is 0.122. The highest BCUT2D eigenvalue weighted by atomic mass is 35.5. The smallest absolute Gasteiger partial charge is 0.126 e. The van der Waals surface area contributed by atoms with Crippen LogP contribution in [0.3, 0.4) is 0 Å². The Hall–Kier alpha value is -1.65. The number of benzene rings is 2. The molecular weight excluding hydrogens is 286 g/mol. The molecule has 0 radical (unpaired) electrons. The first-order valence-corrected chi connectivity index (χ1v) is 6.40. The van der Waals surface area contributed by atoms with Gasteiger partial charge in [-0.3, -0.25) is 0 Å². The predicted molar refractivity (Wildman–Crippen MR) is 72.9 cm³/mol. The number of rotatable bonds is 4. The van der Waals surface area contributed by atoms with Gasteiger partial charge < -0.3 is 9.84 Å². The van der Waals surface area contributed by atoms with E-state index < -0.39 is 23.8 Å². The molecule has 0 saturated carbocycles. The number of aliphatic hydroxyl groups is 1. The highest BCUT2D eigenvalue weighted by Gasteiger charge is 2.19. The normalized spacial score (nSPS) is 13.8. The lowest BCUT2D eigenvalue weighted by molar-refractivity contribution is 0.0464. The van der Waals surface area contributed by atoms with Crippen LogP contribution < -0.4 is 4.74 Å². The highest BCUT2D eigenvalue weighted by molar-refractivity contribution is 6.30. The molecule has 0 aliphatic heterocycles. The first-order valence-electron chi connectivity index (χ1n) is 6.02. The van der Waals surface area contributed by atoms with Gasteiger partial charge in [0.2, 0.25) is 0 Å². The summed E-state index contributed by atoms with van der Waals surface area (Å²) in [5.41, 5.74) is 0.122. The number of hydrogen-bond donors (Lipinski definition) is 1. The van der Waals surface area contributed by atoms with Gasteiger partial charge >= 0.3 is 0 Å². The fourth-order valence-corrected chi connectivity index (χ4v) is 2.02. The molecule has 0 saturated heterocycles. The van der Waals surface area contributed by atoms with Crippen molar-refractivity contribution in [1.82, 2.24) is 0 Å². The molecule has 2 aromatic rings. The SMILES string of the molecule is CC(Oc1cccc(Cl)c1)C(O)c1cc(F)cc(F)c1. The van der Waals surface area contributed by atoms with E-state index in [0.29, 0.717) is 10.8 Å². The Morgan fingerprint density at radius 2 is 1.75 bits per heavy atom. The number of hydrogen-bond acceptors (Lipinski definition) is 2. The molecular formula is C15H13ClF2O2. The molecule has 0 bridgehead atoms. The lowest BCUT2D eigenvalue weighted by atomic mass is 10.1. The molecule has 0 aliphatic rings. The van der Waals surface area contributed by atoms with Crippen LogP contribution in [0, 0.1) is 11.6 Å². The summed E-state index contributed by atoms with van der Waals surface area (Å²) in [7, 11) is 0. The van der Waals surface area contributed by atoms with Crippen LogP contribution in [0.5, 0.6) is 5.75 Å². The predicted octanol–water partition coefficient (Wildman–Crippen LogP) is 4.12. The van der Waals surface area contributed by atoms with Crippen LogP contribution in [0.4, 0.5) is 8.78 Å². The van der Waals surface area contributed by atoms with Crippen molar-refractivity contribution in [2.75, 3.05) is 0 Å². The van der Waals surface area contributed by atoms with Gasteiger partial charge in [-0.05, 0) is 42.8 Å². The number of halogens is 3. The Morgan fingerprint density at radius 3 is 2.35 bits per heavy atom. The van der Waals surface area contributed by atoms with Gasteiger partial charge in [-0.15, -0.1) is 0 Å². The average Bonchev–Trinajstić information content (AvgIpc) is 2.36. The van der Waals surface area contributed by atoms with Crippen LogP contribution in [0.15, 0.2) is 42.5 Å². The van der Waals surface area contributed by atoms with E-state index in [4.69, 9.17) is 16.3 Å². The van der Waals surface area contributed by atoms with Gasteiger partial charge in [0.1, 0.15) is 29.6 Å². The summed E-state index contributed by atoms with van der Waals surface area (Å²) in [6.07, 6.45) is -1.84. The van der Waals surface area contributed by atoms with Crippen molar-refractivity contribution in [2.24, 2.45) is 0 Å². The van der Waals surface area contributed by atoms with E-state index in [0.717, 1.165) is 18.2 Å². The summed E-state index contributed by atoms with van der Waals surface area (Å²) in [6, 6.07) is 9.57. The third kappa shape index (κ3) is 3.68. The van der Waals surface area contributed by atoms with Crippen molar-refractivity contribution in [1.29, 1.82) is 0 Å². The van der Waals surface area contributed by atoms with Crippen molar-refractivity contribution in [3.63, 3.8) is 0 Å². The quantitative estimate of drug-likeness (QED) is 0.920. The molecule has 0 spiro atoms. The third-order valence-electron chi connectivity index (χ3n) is 2.79. The van der Waals surface area contributed by atoms with Crippen molar-refractivity contribution in [2.45, 2.75) is 19.1 Å². The Balaban J connectivity index is 2.14. The fourth-order valence-electron chi connectivity index (χ4n) is 1.84. The van der Waals surface area contributed by atoms with E-state index in [1.54, 1.807) is 31.2 Å². The number of aliphatic hydroxyl groups excluding tert-OH is 1. The summed E-state index contributed by atoms with van der Waals surface area (Å²) >= 11 is 5.82. The van der Waals surface area contributed by atoms with Crippen LogP contribution in [0.1, 0.15) is 18.6 Å². The van der Waals surface area contributed by atoms with Gasteiger partial charge in [0.05, 0.1) is 0 Å². The molecule has 0 fully saturated rings. The fraction of sp³-hybridized carbons (Fsp3) is 0.200.